The average molecular weight is 370 g/mol. The van der Waals surface area contributed by atoms with Gasteiger partial charge in [-0.05, 0) is 12.1 Å². The van der Waals surface area contributed by atoms with Crippen LogP contribution < -0.4 is 5.32 Å². The quantitative estimate of drug-likeness (QED) is 0.804. The molecule has 1 aromatic rings. The van der Waals surface area contributed by atoms with E-state index < -0.39 is 20.0 Å². The molecule has 0 spiro atoms. The van der Waals surface area contributed by atoms with Gasteiger partial charge in [0.05, 0.1) is 0 Å². The molecule has 1 aromatic carbocycles. The molecule has 7 nitrogen and oxygen atoms in total. The monoisotopic (exact) mass is 369 g/mol. The first-order valence-electron chi connectivity index (χ1n) is 6.50. The minimum absolute atomic E-state index is 0. The second kappa shape index (κ2) is 7.24. The minimum Gasteiger partial charge on any atom is -0.314 e. The molecule has 1 N–H and O–H groups in total. The van der Waals surface area contributed by atoms with Gasteiger partial charge < -0.3 is 5.32 Å². The molecule has 0 amide bonds. The lowest BCUT2D eigenvalue weighted by Crippen LogP contribution is -2.46. The van der Waals surface area contributed by atoms with E-state index in [1.165, 1.54) is 42.7 Å². The summed E-state index contributed by atoms with van der Waals surface area (Å²) >= 11 is 0. The first-order chi connectivity index (χ1) is 9.78. The van der Waals surface area contributed by atoms with Crippen LogP contribution in [-0.4, -0.2) is 65.7 Å². The number of rotatable bonds is 4. The van der Waals surface area contributed by atoms with Crippen LogP contribution in [0.2, 0.25) is 0 Å². The van der Waals surface area contributed by atoms with Gasteiger partial charge in [-0.1, -0.05) is 12.1 Å². The molecule has 2 rings (SSSR count). The van der Waals surface area contributed by atoms with Crippen molar-refractivity contribution in [3.05, 3.63) is 24.3 Å². The number of benzene rings is 1. The maximum Gasteiger partial charge on any atom is 0.244 e. The molecule has 126 valence electrons. The molecule has 0 saturated carbocycles. The van der Waals surface area contributed by atoms with Gasteiger partial charge >= 0.3 is 0 Å². The average Bonchev–Trinajstić information content (AvgIpc) is 2.48. The Kier molecular flexibility index (Phi) is 6.36. The fourth-order valence-electron chi connectivity index (χ4n) is 2.10. The first-order valence-corrected chi connectivity index (χ1v) is 9.38. The van der Waals surface area contributed by atoms with E-state index in [2.05, 4.69) is 5.32 Å². The third kappa shape index (κ3) is 3.61. The Morgan fingerprint density at radius 3 is 2.00 bits per heavy atom. The molecule has 10 heteroatoms. The van der Waals surface area contributed by atoms with E-state index >= 15 is 0 Å². The molecular weight excluding hydrogens is 350 g/mol. The number of halogens is 1. The predicted molar refractivity (Wildman–Crippen MR) is 86.2 cm³/mol. The van der Waals surface area contributed by atoms with Crippen LogP contribution in [-0.2, 0) is 20.0 Å². The predicted octanol–water partition coefficient (Wildman–Crippen LogP) is -0.0474. The molecule has 0 bridgehead atoms. The molecule has 0 atom stereocenters. The van der Waals surface area contributed by atoms with Crippen molar-refractivity contribution in [2.75, 3.05) is 40.3 Å². The summed E-state index contributed by atoms with van der Waals surface area (Å²) in [4.78, 5) is -0.353. The Morgan fingerprint density at radius 1 is 1.00 bits per heavy atom. The van der Waals surface area contributed by atoms with Crippen LogP contribution in [0.5, 0.6) is 0 Å². The molecule has 1 aliphatic heterocycles. The van der Waals surface area contributed by atoms with Crippen LogP contribution >= 0.6 is 12.4 Å². The standard InChI is InChI=1S/C12H19N3O4S2.ClH/c1-14(2)20(16,17)11-5-3-4-6-12(11)21(18,19)15-9-7-13-8-10-15;/h3-6,13H,7-10H2,1-2H3;1H. The number of nitrogens with one attached hydrogen (secondary N) is 1. The summed E-state index contributed by atoms with van der Waals surface area (Å²) in [5.41, 5.74) is 0. The van der Waals surface area contributed by atoms with Crippen molar-refractivity contribution in [3.8, 4) is 0 Å². The maximum absolute atomic E-state index is 12.7. The molecule has 22 heavy (non-hydrogen) atoms. The Hall–Kier alpha value is -0.710. The van der Waals surface area contributed by atoms with Crippen molar-refractivity contribution < 1.29 is 16.8 Å². The van der Waals surface area contributed by atoms with Gasteiger partial charge in [-0.3, -0.25) is 0 Å². The Bertz CT molecular complexity index is 714. The van der Waals surface area contributed by atoms with Crippen LogP contribution in [0.3, 0.4) is 0 Å². The molecule has 0 radical (unpaired) electrons. The van der Waals surface area contributed by atoms with Crippen molar-refractivity contribution in [1.82, 2.24) is 13.9 Å². The lowest BCUT2D eigenvalue weighted by Gasteiger charge is -2.27. The van der Waals surface area contributed by atoms with E-state index in [-0.39, 0.29) is 22.2 Å². The van der Waals surface area contributed by atoms with Crippen molar-refractivity contribution in [3.63, 3.8) is 0 Å². The van der Waals surface area contributed by atoms with Crippen LogP contribution in [0.15, 0.2) is 34.1 Å². The lowest BCUT2D eigenvalue weighted by molar-refractivity contribution is 0.359. The van der Waals surface area contributed by atoms with Crippen LogP contribution in [0.4, 0.5) is 0 Å². The van der Waals surface area contributed by atoms with Gasteiger partial charge in [0.25, 0.3) is 0 Å². The van der Waals surface area contributed by atoms with E-state index in [4.69, 9.17) is 0 Å². The Labute approximate surface area is 137 Å². The van der Waals surface area contributed by atoms with E-state index in [9.17, 15) is 16.8 Å². The van der Waals surface area contributed by atoms with Crippen LogP contribution in [0.25, 0.3) is 0 Å². The van der Waals surface area contributed by atoms with Crippen molar-refractivity contribution in [2.45, 2.75) is 9.79 Å². The second-order valence-corrected chi connectivity index (χ2v) is 8.91. The highest BCUT2D eigenvalue weighted by molar-refractivity contribution is 7.92. The summed E-state index contributed by atoms with van der Waals surface area (Å²) in [5.74, 6) is 0. The summed E-state index contributed by atoms with van der Waals surface area (Å²) in [6.45, 7) is 1.78. The summed E-state index contributed by atoms with van der Waals surface area (Å²) in [7, 11) is -4.88. The number of piperazine rings is 1. The number of nitrogens with zero attached hydrogens (tertiary/aromatic N) is 2. The normalized spacial score (nSPS) is 17.2. The fourth-order valence-corrected chi connectivity index (χ4v) is 5.21. The molecule has 1 saturated heterocycles. The van der Waals surface area contributed by atoms with Gasteiger partial charge in [0.2, 0.25) is 20.0 Å². The van der Waals surface area contributed by atoms with E-state index in [1.807, 2.05) is 0 Å². The topological polar surface area (TPSA) is 86.8 Å². The Morgan fingerprint density at radius 2 is 1.50 bits per heavy atom. The zero-order chi connectivity index (χ0) is 15.7. The molecule has 1 heterocycles. The lowest BCUT2D eigenvalue weighted by atomic mass is 10.4. The van der Waals surface area contributed by atoms with Gasteiger partial charge in [0.1, 0.15) is 9.79 Å². The molecule has 1 fully saturated rings. The minimum atomic E-state index is -3.82. The summed E-state index contributed by atoms with van der Waals surface area (Å²) in [6.07, 6.45) is 0. The first kappa shape index (κ1) is 19.3. The van der Waals surface area contributed by atoms with E-state index in [0.29, 0.717) is 26.2 Å². The fraction of sp³-hybridized carbons (Fsp3) is 0.500. The Balaban J connectivity index is 0.00000242. The van der Waals surface area contributed by atoms with Crippen molar-refractivity contribution in [1.29, 1.82) is 0 Å². The highest BCUT2D eigenvalue weighted by atomic mass is 35.5. The highest BCUT2D eigenvalue weighted by Gasteiger charge is 2.32. The van der Waals surface area contributed by atoms with Gasteiger partial charge in [0.15, 0.2) is 0 Å². The summed E-state index contributed by atoms with van der Waals surface area (Å²) < 4.78 is 52.3. The van der Waals surface area contributed by atoms with E-state index in [1.54, 1.807) is 0 Å². The van der Waals surface area contributed by atoms with Crippen LogP contribution in [0, 0.1) is 0 Å². The number of hydrogen-bond acceptors (Lipinski definition) is 5. The van der Waals surface area contributed by atoms with Crippen molar-refractivity contribution in [2.24, 2.45) is 0 Å². The van der Waals surface area contributed by atoms with Gasteiger partial charge in [-0.25, -0.2) is 21.1 Å². The highest BCUT2D eigenvalue weighted by Crippen LogP contribution is 2.25. The molecule has 1 aliphatic rings. The SMILES string of the molecule is CN(C)S(=O)(=O)c1ccccc1S(=O)(=O)N1CCNCC1.Cl. The maximum atomic E-state index is 12.7. The molecule has 0 unspecified atom stereocenters. The van der Waals surface area contributed by atoms with E-state index in [0.717, 1.165) is 4.31 Å². The molecule has 0 aromatic heterocycles. The summed E-state index contributed by atoms with van der Waals surface area (Å²) in [5, 5.41) is 3.07. The number of hydrogen-bond donors (Lipinski definition) is 1. The zero-order valence-electron chi connectivity index (χ0n) is 12.4. The van der Waals surface area contributed by atoms with Gasteiger partial charge in [0, 0.05) is 40.3 Å². The number of sulfonamides is 2. The largest absolute Gasteiger partial charge is 0.314 e. The third-order valence-corrected chi connectivity index (χ3v) is 7.26. The molecular formula is C12H20ClN3O4S2. The smallest absolute Gasteiger partial charge is 0.244 e. The van der Waals surface area contributed by atoms with Gasteiger partial charge in [-0.2, -0.15) is 4.31 Å². The third-order valence-electron chi connectivity index (χ3n) is 3.30. The van der Waals surface area contributed by atoms with Crippen molar-refractivity contribution >= 4 is 32.5 Å². The second-order valence-electron chi connectivity index (χ2n) is 4.89. The summed E-state index contributed by atoms with van der Waals surface area (Å²) in [6, 6.07) is 5.72. The van der Waals surface area contributed by atoms with Gasteiger partial charge in [-0.15, -0.1) is 12.4 Å². The van der Waals surface area contributed by atoms with Crippen LogP contribution in [0.1, 0.15) is 0 Å². The molecule has 0 aliphatic carbocycles. The zero-order valence-corrected chi connectivity index (χ0v) is 14.8.